The maximum absolute atomic E-state index is 13.5. The Morgan fingerprint density at radius 2 is 2.33 bits per heavy atom. The normalized spacial score (nSPS) is 23.4. The van der Waals surface area contributed by atoms with Gasteiger partial charge in [0.15, 0.2) is 0 Å². The lowest BCUT2D eigenvalue weighted by atomic mass is 10.1. The molecule has 4 nitrogen and oxygen atoms in total. The van der Waals surface area contributed by atoms with Gasteiger partial charge < -0.3 is 5.11 Å². The van der Waals surface area contributed by atoms with Gasteiger partial charge in [-0.3, -0.25) is 0 Å². The van der Waals surface area contributed by atoms with Crippen molar-refractivity contribution in [1.82, 2.24) is 0 Å². The monoisotopic (exact) mass is 227 g/mol. The predicted octanol–water partition coefficient (Wildman–Crippen LogP) is 2.75. The van der Waals surface area contributed by atoms with E-state index in [-0.39, 0.29) is 12.0 Å². The zero-order valence-corrected chi connectivity index (χ0v) is 8.32. The SMILES string of the molecule is [N-]=[N+]=NC1c2c(F)ccc(Cl)c2CC1O. The first-order chi connectivity index (χ1) is 7.15. The third-order valence-corrected chi connectivity index (χ3v) is 2.85. The fourth-order valence-electron chi connectivity index (χ4n) is 1.84. The van der Waals surface area contributed by atoms with E-state index in [0.29, 0.717) is 10.6 Å². The van der Waals surface area contributed by atoms with Crippen molar-refractivity contribution in [3.05, 3.63) is 44.5 Å². The second kappa shape index (κ2) is 3.70. The molecular weight excluding hydrogens is 221 g/mol. The fourth-order valence-corrected chi connectivity index (χ4v) is 2.08. The summed E-state index contributed by atoms with van der Waals surface area (Å²) >= 11 is 5.86. The molecule has 15 heavy (non-hydrogen) atoms. The number of fused-ring (bicyclic) bond motifs is 1. The van der Waals surface area contributed by atoms with Crippen LogP contribution in [0.15, 0.2) is 17.2 Å². The van der Waals surface area contributed by atoms with Crippen LogP contribution in [-0.2, 0) is 6.42 Å². The largest absolute Gasteiger partial charge is 0.392 e. The second-order valence-corrected chi connectivity index (χ2v) is 3.75. The number of benzene rings is 1. The van der Waals surface area contributed by atoms with Gasteiger partial charge in [-0.25, -0.2) is 4.39 Å². The van der Waals surface area contributed by atoms with Gasteiger partial charge in [0, 0.05) is 21.9 Å². The van der Waals surface area contributed by atoms with Crippen LogP contribution >= 0.6 is 11.6 Å². The number of nitrogens with zero attached hydrogens (tertiary/aromatic N) is 3. The van der Waals surface area contributed by atoms with Crippen molar-refractivity contribution in [3.8, 4) is 0 Å². The van der Waals surface area contributed by atoms with Crippen LogP contribution in [0.1, 0.15) is 17.2 Å². The molecule has 0 spiro atoms. The minimum atomic E-state index is -0.898. The molecule has 1 aliphatic rings. The molecule has 0 aromatic heterocycles. The molecule has 1 N–H and O–H groups in total. The van der Waals surface area contributed by atoms with E-state index in [1.807, 2.05) is 0 Å². The van der Waals surface area contributed by atoms with E-state index >= 15 is 0 Å². The minimum absolute atomic E-state index is 0.216. The fraction of sp³-hybridized carbons (Fsp3) is 0.333. The Morgan fingerprint density at radius 1 is 1.60 bits per heavy atom. The van der Waals surface area contributed by atoms with Crippen molar-refractivity contribution in [2.24, 2.45) is 5.11 Å². The van der Waals surface area contributed by atoms with Crippen LogP contribution in [-0.4, -0.2) is 11.2 Å². The third kappa shape index (κ3) is 1.55. The van der Waals surface area contributed by atoms with Crippen molar-refractivity contribution in [1.29, 1.82) is 0 Å². The molecule has 1 aromatic rings. The number of rotatable bonds is 1. The molecular formula is C9H7ClFN3O. The van der Waals surface area contributed by atoms with Gasteiger partial charge in [-0.2, -0.15) is 0 Å². The van der Waals surface area contributed by atoms with Gasteiger partial charge in [0.1, 0.15) is 5.82 Å². The van der Waals surface area contributed by atoms with Crippen LogP contribution in [0.5, 0.6) is 0 Å². The van der Waals surface area contributed by atoms with Gasteiger partial charge in [-0.05, 0) is 23.2 Å². The molecule has 0 saturated carbocycles. The number of hydrogen-bond acceptors (Lipinski definition) is 2. The van der Waals surface area contributed by atoms with Gasteiger partial charge >= 0.3 is 0 Å². The summed E-state index contributed by atoms with van der Waals surface area (Å²) < 4.78 is 13.5. The van der Waals surface area contributed by atoms with E-state index in [9.17, 15) is 9.50 Å². The molecule has 78 valence electrons. The highest BCUT2D eigenvalue weighted by molar-refractivity contribution is 6.31. The molecule has 0 bridgehead atoms. The highest BCUT2D eigenvalue weighted by Gasteiger charge is 2.34. The summed E-state index contributed by atoms with van der Waals surface area (Å²) in [5.74, 6) is -0.497. The summed E-state index contributed by atoms with van der Waals surface area (Å²) in [6.45, 7) is 0. The summed E-state index contributed by atoms with van der Waals surface area (Å²) in [6, 6.07) is 1.77. The Hall–Kier alpha value is -1.29. The highest BCUT2D eigenvalue weighted by Crippen LogP contribution is 2.39. The Kier molecular flexibility index (Phi) is 2.52. The highest BCUT2D eigenvalue weighted by atomic mass is 35.5. The number of halogens is 2. The van der Waals surface area contributed by atoms with Crippen molar-refractivity contribution >= 4 is 11.6 Å². The molecule has 1 aliphatic carbocycles. The summed E-state index contributed by atoms with van der Waals surface area (Å²) in [4.78, 5) is 2.59. The average Bonchev–Trinajstić information content (AvgIpc) is 2.53. The number of azide groups is 1. The van der Waals surface area contributed by atoms with Gasteiger partial charge in [0.25, 0.3) is 0 Å². The first-order valence-corrected chi connectivity index (χ1v) is 4.72. The van der Waals surface area contributed by atoms with Crippen molar-refractivity contribution in [2.75, 3.05) is 0 Å². The molecule has 2 rings (SSSR count). The maximum Gasteiger partial charge on any atom is 0.127 e. The van der Waals surface area contributed by atoms with E-state index in [2.05, 4.69) is 10.0 Å². The quantitative estimate of drug-likeness (QED) is 0.447. The van der Waals surface area contributed by atoms with E-state index in [4.69, 9.17) is 17.1 Å². The smallest absolute Gasteiger partial charge is 0.127 e. The van der Waals surface area contributed by atoms with Crippen molar-refractivity contribution in [2.45, 2.75) is 18.6 Å². The molecule has 0 heterocycles. The lowest BCUT2D eigenvalue weighted by Crippen LogP contribution is -2.10. The Morgan fingerprint density at radius 3 is 3.00 bits per heavy atom. The zero-order chi connectivity index (χ0) is 11.0. The van der Waals surface area contributed by atoms with Crippen LogP contribution in [0, 0.1) is 5.82 Å². The van der Waals surface area contributed by atoms with E-state index < -0.39 is 18.0 Å². The van der Waals surface area contributed by atoms with Gasteiger partial charge in [-0.15, -0.1) is 0 Å². The van der Waals surface area contributed by atoms with Crippen LogP contribution in [0.3, 0.4) is 0 Å². The van der Waals surface area contributed by atoms with E-state index in [1.54, 1.807) is 0 Å². The Labute approximate surface area is 89.9 Å². The van der Waals surface area contributed by atoms with Crippen molar-refractivity contribution in [3.63, 3.8) is 0 Å². The average molecular weight is 228 g/mol. The lowest BCUT2D eigenvalue weighted by molar-refractivity contribution is 0.157. The van der Waals surface area contributed by atoms with E-state index in [1.165, 1.54) is 12.1 Å². The van der Waals surface area contributed by atoms with Gasteiger partial charge in [-0.1, -0.05) is 16.7 Å². The van der Waals surface area contributed by atoms with Crippen LogP contribution in [0.2, 0.25) is 5.02 Å². The van der Waals surface area contributed by atoms with Gasteiger partial charge in [0.2, 0.25) is 0 Å². The first-order valence-electron chi connectivity index (χ1n) is 4.34. The lowest BCUT2D eigenvalue weighted by Gasteiger charge is -2.08. The molecule has 2 unspecified atom stereocenters. The second-order valence-electron chi connectivity index (χ2n) is 3.34. The van der Waals surface area contributed by atoms with Crippen LogP contribution in [0.4, 0.5) is 4.39 Å². The summed E-state index contributed by atoms with van der Waals surface area (Å²) in [6.07, 6.45) is -0.680. The molecule has 0 saturated heterocycles. The van der Waals surface area contributed by atoms with Crippen LogP contribution < -0.4 is 0 Å². The Balaban J connectivity index is 2.61. The summed E-state index contributed by atoms with van der Waals surface area (Å²) in [5.41, 5.74) is 9.07. The van der Waals surface area contributed by atoms with E-state index in [0.717, 1.165) is 0 Å². The maximum atomic E-state index is 13.5. The molecule has 6 heteroatoms. The predicted molar refractivity (Wildman–Crippen MR) is 53.0 cm³/mol. The minimum Gasteiger partial charge on any atom is -0.392 e. The molecule has 0 aliphatic heterocycles. The molecule has 0 fully saturated rings. The third-order valence-electron chi connectivity index (χ3n) is 2.50. The molecule has 0 radical (unpaired) electrons. The van der Waals surface area contributed by atoms with Crippen molar-refractivity contribution < 1.29 is 9.50 Å². The standard InChI is InChI=1S/C9H7ClFN3O/c10-5-1-2-6(11)8-4(5)3-7(15)9(8)13-14-12/h1-2,7,9,15H,3H2. The summed E-state index contributed by atoms with van der Waals surface area (Å²) in [7, 11) is 0. The number of hydrogen-bond donors (Lipinski definition) is 1. The molecule has 0 amide bonds. The number of aliphatic hydroxyl groups is 1. The zero-order valence-electron chi connectivity index (χ0n) is 7.56. The number of aliphatic hydroxyl groups excluding tert-OH is 1. The Bertz CT molecular complexity index is 459. The first kappa shape index (κ1) is 10.2. The molecule has 2 atom stereocenters. The topological polar surface area (TPSA) is 69.0 Å². The van der Waals surface area contributed by atoms with Crippen LogP contribution in [0.25, 0.3) is 10.4 Å². The van der Waals surface area contributed by atoms with Gasteiger partial charge in [0.05, 0.1) is 12.1 Å². The summed E-state index contributed by atoms with van der Waals surface area (Å²) in [5, 5.41) is 13.4. The molecule has 1 aromatic carbocycles.